The molecule has 1 aromatic carbocycles. The molecular formula is C21H25N3. The minimum absolute atomic E-state index is 0.357. The Balaban J connectivity index is 1.85. The van der Waals surface area contributed by atoms with E-state index in [4.69, 9.17) is 4.98 Å². The van der Waals surface area contributed by atoms with Gasteiger partial charge in [-0.05, 0) is 57.4 Å². The average Bonchev–Trinajstić information content (AvgIpc) is 2.91. The Morgan fingerprint density at radius 3 is 2.75 bits per heavy atom. The van der Waals surface area contributed by atoms with Crippen molar-refractivity contribution >= 4 is 16.7 Å². The Labute approximate surface area is 143 Å². The third-order valence-electron chi connectivity index (χ3n) is 5.32. The molecule has 1 unspecified atom stereocenters. The first-order valence-electron chi connectivity index (χ1n) is 8.89. The number of hydrogen-bond acceptors (Lipinski definition) is 2. The number of fused-ring (bicyclic) bond motifs is 2. The summed E-state index contributed by atoms with van der Waals surface area (Å²) in [5.41, 5.74) is 5.50. The van der Waals surface area contributed by atoms with E-state index in [9.17, 15) is 0 Å². The fraction of sp³-hybridized carbons (Fsp3) is 0.381. The molecule has 3 heterocycles. The van der Waals surface area contributed by atoms with Gasteiger partial charge in [-0.1, -0.05) is 24.3 Å². The van der Waals surface area contributed by atoms with Crippen LogP contribution in [0.3, 0.4) is 0 Å². The van der Waals surface area contributed by atoms with Crippen LogP contribution in [0.5, 0.6) is 0 Å². The molecule has 0 bridgehead atoms. The maximum absolute atomic E-state index is 4.78. The lowest BCUT2D eigenvalue weighted by molar-refractivity contribution is 0.607. The maximum Gasteiger partial charge on any atom is 0.138 e. The van der Waals surface area contributed by atoms with E-state index in [1.165, 1.54) is 27.7 Å². The van der Waals surface area contributed by atoms with E-state index in [1.54, 1.807) is 0 Å². The average molecular weight is 319 g/mol. The molecule has 3 nitrogen and oxygen atoms in total. The van der Waals surface area contributed by atoms with Crippen LogP contribution in [-0.4, -0.2) is 16.1 Å². The molecule has 0 spiro atoms. The van der Waals surface area contributed by atoms with Gasteiger partial charge in [0.15, 0.2) is 0 Å². The molecule has 0 saturated carbocycles. The van der Waals surface area contributed by atoms with Crippen molar-refractivity contribution in [3.05, 3.63) is 59.4 Å². The third kappa shape index (κ3) is 2.22. The zero-order valence-electron chi connectivity index (χ0n) is 15.0. The first-order chi connectivity index (χ1) is 11.6. The van der Waals surface area contributed by atoms with Crippen LogP contribution in [-0.2, 0) is 6.42 Å². The molecule has 4 rings (SSSR count). The van der Waals surface area contributed by atoms with Crippen molar-refractivity contribution < 1.29 is 0 Å². The second-order valence-corrected chi connectivity index (χ2v) is 7.14. The molecule has 3 heteroatoms. The smallest absolute Gasteiger partial charge is 0.138 e. The topological polar surface area (TPSA) is 21.1 Å². The second-order valence-electron chi connectivity index (χ2n) is 7.14. The van der Waals surface area contributed by atoms with E-state index >= 15 is 0 Å². The standard InChI is InChI=1S/C21H25N3/c1-14(2)24-15(3)13-19-20(24)9-11-22-21(19)23-12-10-17-7-5-6-8-18(17)16(23)4/h5-9,11,13-14,16H,10,12H2,1-4H3. The van der Waals surface area contributed by atoms with Crippen LogP contribution in [0.15, 0.2) is 42.6 Å². The largest absolute Gasteiger partial charge is 0.349 e. The molecule has 0 N–H and O–H groups in total. The van der Waals surface area contributed by atoms with Gasteiger partial charge in [0.1, 0.15) is 5.82 Å². The molecule has 1 aliphatic heterocycles. The van der Waals surface area contributed by atoms with Crippen LogP contribution in [0.2, 0.25) is 0 Å². The van der Waals surface area contributed by atoms with Crippen molar-refractivity contribution in [2.24, 2.45) is 0 Å². The van der Waals surface area contributed by atoms with Gasteiger partial charge in [0.2, 0.25) is 0 Å². The Morgan fingerprint density at radius 1 is 1.17 bits per heavy atom. The predicted molar refractivity (Wildman–Crippen MR) is 101 cm³/mol. The summed E-state index contributed by atoms with van der Waals surface area (Å²) in [6.45, 7) is 10.00. The first-order valence-corrected chi connectivity index (χ1v) is 8.89. The van der Waals surface area contributed by atoms with Gasteiger partial charge in [0, 0.05) is 29.9 Å². The van der Waals surface area contributed by atoms with E-state index in [0.717, 1.165) is 18.8 Å². The third-order valence-corrected chi connectivity index (χ3v) is 5.32. The molecule has 1 aliphatic rings. The first kappa shape index (κ1) is 15.3. The number of benzene rings is 1. The van der Waals surface area contributed by atoms with Crippen molar-refractivity contribution in [2.45, 2.75) is 46.2 Å². The SMILES string of the molecule is Cc1cc2c(N3CCc4ccccc4C3C)nccc2n1C(C)C. The van der Waals surface area contributed by atoms with Crippen molar-refractivity contribution in [3.8, 4) is 0 Å². The highest BCUT2D eigenvalue weighted by Crippen LogP contribution is 2.37. The Morgan fingerprint density at radius 2 is 1.96 bits per heavy atom. The maximum atomic E-state index is 4.78. The van der Waals surface area contributed by atoms with E-state index in [1.807, 2.05) is 6.20 Å². The highest BCUT2D eigenvalue weighted by atomic mass is 15.2. The number of aromatic nitrogens is 2. The highest BCUT2D eigenvalue weighted by molar-refractivity contribution is 5.92. The van der Waals surface area contributed by atoms with Crippen LogP contribution >= 0.6 is 0 Å². The van der Waals surface area contributed by atoms with E-state index in [-0.39, 0.29) is 0 Å². The number of anilines is 1. The van der Waals surface area contributed by atoms with E-state index < -0.39 is 0 Å². The summed E-state index contributed by atoms with van der Waals surface area (Å²) in [6.07, 6.45) is 3.05. The number of hydrogen-bond donors (Lipinski definition) is 0. The van der Waals surface area contributed by atoms with E-state index in [0.29, 0.717) is 12.1 Å². The molecule has 0 amide bonds. The van der Waals surface area contributed by atoms with Crippen LogP contribution in [0.4, 0.5) is 5.82 Å². The summed E-state index contributed by atoms with van der Waals surface area (Å²) in [4.78, 5) is 7.25. The van der Waals surface area contributed by atoms with Gasteiger partial charge < -0.3 is 9.47 Å². The zero-order chi connectivity index (χ0) is 16.8. The molecular weight excluding hydrogens is 294 g/mol. The summed E-state index contributed by atoms with van der Waals surface area (Å²) in [5.74, 6) is 1.12. The monoisotopic (exact) mass is 319 g/mol. The number of aryl methyl sites for hydroxylation is 1. The molecule has 0 radical (unpaired) electrons. The van der Waals surface area contributed by atoms with Crippen molar-refractivity contribution in [1.29, 1.82) is 0 Å². The quantitative estimate of drug-likeness (QED) is 0.659. The Bertz CT molecular complexity index is 891. The van der Waals surface area contributed by atoms with Gasteiger partial charge in [-0.25, -0.2) is 4.98 Å². The van der Waals surface area contributed by atoms with Gasteiger partial charge in [-0.2, -0.15) is 0 Å². The van der Waals surface area contributed by atoms with Crippen molar-refractivity contribution in [3.63, 3.8) is 0 Å². The molecule has 1 atom stereocenters. The lowest BCUT2D eigenvalue weighted by Gasteiger charge is -2.36. The van der Waals surface area contributed by atoms with Gasteiger partial charge in [0.05, 0.1) is 11.6 Å². The highest BCUT2D eigenvalue weighted by Gasteiger charge is 2.26. The minimum Gasteiger partial charge on any atom is -0.349 e. The molecule has 2 aromatic heterocycles. The van der Waals surface area contributed by atoms with Crippen molar-refractivity contribution in [2.75, 3.05) is 11.4 Å². The lowest BCUT2D eigenvalue weighted by atomic mass is 9.93. The number of nitrogens with zero attached hydrogens (tertiary/aromatic N) is 3. The zero-order valence-corrected chi connectivity index (χ0v) is 15.0. The van der Waals surface area contributed by atoms with Crippen LogP contribution < -0.4 is 4.90 Å². The molecule has 124 valence electrons. The molecule has 0 aliphatic carbocycles. The van der Waals surface area contributed by atoms with Crippen LogP contribution in [0.25, 0.3) is 10.9 Å². The van der Waals surface area contributed by atoms with Gasteiger partial charge >= 0.3 is 0 Å². The predicted octanol–water partition coefficient (Wildman–Crippen LogP) is 5.05. The summed E-state index contributed by atoms with van der Waals surface area (Å²) in [6, 6.07) is 14.1. The van der Waals surface area contributed by atoms with Crippen LogP contribution in [0, 0.1) is 6.92 Å². The molecule has 3 aromatic rings. The van der Waals surface area contributed by atoms with Gasteiger partial charge in [0.25, 0.3) is 0 Å². The fourth-order valence-corrected chi connectivity index (χ4v) is 4.24. The number of rotatable bonds is 2. The summed E-state index contributed by atoms with van der Waals surface area (Å²) >= 11 is 0. The second kappa shape index (κ2) is 5.66. The Kier molecular flexibility index (Phi) is 3.60. The molecule has 24 heavy (non-hydrogen) atoms. The normalized spacial score (nSPS) is 17.5. The molecule has 0 fully saturated rings. The van der Waals surface area contributed by atoms with Crippen LogP contribution in [0.1, 0.15) is 49.7 Å². The fourth-order valence-electron chi connectivity index (χ4n) is 4.24. The van der Waals surface area contributed by atoms with Crippen molar-refractivity contribution in [1.82, 2.24) is 9.55 Å². The summed E-state index contributed by atoms with van der Waals surface area (Å²) < 4.78 is 2.41. The molecule has 0 saturated heterocycles. The van der Waals surface area contributed by atoms with Gasteiger partial charge in [-0.3, -0.25) is 0 Å². The number of pyridine rings is 1. The van der Waals surface area contributed by atoms with Gasteiger partial charge in [-0.15, -0.1) is 0 Å². The Hall–Kier alpha value is -2.29. The lowest BCUT2D eigenvalue weighted by Crippen LogP contribution is -2.34. The van der Waals surface area contributed by atoms with E-state index in [2.05, 4.69) is 73.6 Å². The summed E-state index contributed by atoms with van der Waals surface area (Å²) in [5, 5.41) is 1.27. The summed E-state index contributed by atoms with van der Waals surface area (Å²) in [7, 11) is 0. The minimum atomic E-state index is 0.357.